The molecule has 1 saturated heterocycles. The second-order valence-electron chi connectivity index (χ2n) is 6.24. The molecule has 1 fully saturated rings. The minimum absolute atomic E-state index is 0.0296. The fraction of sp³-hybridized carbons (Fsp3) is 0.857. The van der Waals surface area contributed by atoms with Gasteiger partial charge in [-0.15, -0.1) is 0 Å². The highest BCUT2D eigenvalue weighted by Gasteiger charge is 2.28. The zero-order valence-corrected chi connectivity index (χ0v) is 12.7. The Hall–Kier alpha value is -1.26. The summed E-state index contributed by atoms with van der Waals surface area (Å²) in [5.41, 5.74) is -0.550. The number of amides is 2. The molecule has 5 nitrogen and oxygen atoms in total. The minimum atomic E-state index is -0.550. The summed E-state index contributed by atoms with van der Waals surface area (Å²) in [5, 5.41) is 2.60. The highest BCUT2D eigenvalue weighted by atomic mass is 16.6. The van der Waals surface area contributed by atoms with E-state index in [4.69, 9.17) is 4.74 Å². The minimum Gasteiger partial charge on any atom is -0.444 e. The first-order valence-corrected chi connectivity index (χ1v) is 7.00. The molecule has 0 unspecified atom stereocenters. The zero-order valence-electron chi connectivity index (χ0n) is 12.7. The molecule has 0 aromatic rings. The summed E-state index contributed by atoms with van der Waals surface area (Å²) < 4.78 is 5.15. The van der Waals surface area contributed by atoms with Crippen LogP contribution in [0.25, 0.3) is 0 Å². The van der Waals surface area contributed by atoms with Crippen molar-refractivity contribution in [3.05, 3.63) is 0 Å². The first-order chi connectivity index (χ1) is 8.70. The molecule has 19 heavy (non-hydrogen) atoms. The fourth-order valence-corrected chi connectivity index (χ4v) is 2.22. The third-order valence-corrected chi connectivity index (χ3v) is 3.19. The Morgan fingerprint density at radius 3 is 2.47 bits per heavy atom. The lowest BCUT2D eigenvalue weighted by atomic mass is 10.0. The molecular weight excluding hydrogens is 244 g/mol. The summed E-state index contributed by atoms with van der Waals surface area (Å²) in [6.07, 6.45) is 2.69. The van der Waals surface area contributed by atoms with Crippen LogP contribution in [-0.2, 0) is 9.53 Å². The second-order valence-corrected chi connectivity index (χ2v) is 6.24. The Morgan fingerprint density at radius 1 is 1.32 bits per heavy atom. The van der Waals surface area contributed by atoms with Crippen LogP contribution in [0.3, 0.4) is 0 Å². The molecular formula is C14H26N2O3. The van der Waals surface area contributed by atoms with Crippen LogP contribution in [0.1, 0.15) is 53.9 Å². The van der Waals surface area contributed by atoms with E-state index < -0.39 is 17.7 Å². The van der Waals surface area contributed by atoms with E-state index in [0.717, 1.165) is 19.4 Å². The number of hydrogen-bond donors (Lipinski definition) is 1. The molecule has 0 bridgehead atoms. The molecule has 5 heteroatoms. The van der Waals surface area contributed by atoms with Crippen molar-refractivity contribution >= 4 is 12.0 Å². The van der Waals surface area contributed by atoms with Crippen molar-refractivity contribution in [1.29, 1.82) is 0 Å². The van der Waals surface area contributed by atoms with E-state index in [1.165, 1.54) is 6.42 Å². The first-order valence-electron chi connectivity index (χ1n) is 7.00. The molecule has 0 aromatic carbocycles. The topological polar surface area (TPSA) is 58.6 Å². The van der Waals surface area contributed by atoms with Gasteiger partial charge in [-0.25, -0.2) is 4.79 Å². The maximum Gasteiger partial charge on any atom is 0.408 e. The molecule has 0 aliphatic carbocycles. The van der Waals surface area contributed by atoms with E-state index in [-0.39, 0.29) is 11.9 Å². The van der Waals surface area contributed by atoms with E-state index in [9.17, 15) is 9.59 Å². The highest BCUT2D eigenvalue weighted by Crippen LogP contribution is 2.17. The lowest BCUT2D eigenvalue weighted by Gasteiger charge is -2.35. The number of nitrogens with zero attached hydrogens (tertiary/aromatic N) is 1. The Labute approximate surface area is 115 Å². The number of ether oxygens (including phenoxy) is 1. The second kappa shape index (κ2) is 6.26. The van der Waals surface area contributed by atoms with Crippen LogP contribution in [0.5, 0.6) is 0 Å². The van der Waals surface area contributed by atoms with Gasteiger partial charge in [0.1, 0.15) is 11.6 Å². The van der Waals surface area contributed by atoms with Crippen LogP contribution < -0.4 is 5.32 Å². The van der Waals surface area contributed by atoms with E-state index in [1.807, 2.05) is 4.90 Å². The molecule has 1 aliphatic rings. The molecule has 2 atom stereocenters. The lowest BCUT2D eigenvalue weighted by Crippen LogP contribution is -2.52. The van der Waals surface area contributed by atoms with Crippen LogP contribution in [-0.4, -0.2) is 41.1 Å². The molecule has 0 radical (unpaired) electrons. The van der Waals surface area contributed by atoms with E-state index in [0.29, 0.717) is 0 Å². The van der Waals surface area contributed by atoms with E-state index >= 15 is 0 Å². The van der Waals surface area contributed by atoms with Crippen molar-refractivity contribution in [1.82, 2.24) is 10.2 Å². The van der Waals surface area contributed by atoms with Gasteiger partial charge in [0.15, 0.2) is 0 Å². The number of hydrogen-bond acceptors (Lipinski definition) is 3. The Balaban J connectivity index is 2.50. The van der Waals surface area contributed by atoms with Gasteiger partial charge in [0.05, 0.1) is 0 Å². The summed E-state index contributed by atoms with van der Waals surface area (Å²) in [5.74, 6) is -0.0296. The van der Waals surface area contributed by atoms with Gasteiger partial charge in [-0.05, 0) is 53.9 Å². The van der Waals surface area contributed by atoms with Gasteiger partial charge in [0.2, 0.25) is 5.91 Å². The number of carbonyl (C=O) groups excluding carboxylic acids is 2. The quantitative estimate of drug-likeness (QED) is 0.837. The molecule has 1 rings (SSSR count). The molecule has 1 heterocycles. The van der Waals surface area contributed by atoms with Crippen molar-refractivity contribution in [2.75, 3.05) is 6.54 Å². The highest BCUT2D eigenvalue weighted by molar-refractivity contribution is 5.85. The molecule has 1 aliphatic heterocycles. The predicted octanol–water partition coefficient (Wildman–Crippen LogP) is 2.30. The molecule has 0 spiro atoms. The Bertz CT molecular complexity index is 336. The summed E-state index contributed by atoms with van der Waals surface area (Å²) >= 11 is 0. The van der Waals surface area contributed by atoms with Gasteiger partial charge >= 0.3 is 6.09 Å². The average molecular weight is 270 g/mol. The van der Waals surface area contributed by atoms with Gasteiger partial charge in [0.25, 0.3) is 0 Å². The average Bonchev–Trinajstić information content (AvgIpc) is 2.26. The van der Waals surface area contributed by atoms with Crippen molar-refractivity contribution in [2.45, 2.75) is 71.6 Å². The SMILES string of the molecule is C[C@H](NC(=O)OC(C)(C)C)C(=O)N1CCCC[C@@H]1C. The monoisotopic (exact) mass is 270 g/mol. The summed E-state index contributed by atoms with van der Waals surface area (Å²) in [4.78, 5) is 25.8. The predicted molar refractivity (Wildman–Crippen MR) is 73.9 cm³/mol. The standard InChI is InChI=1S/C14H26N2O3/c1-10-8-6-7-9-16(10)12(17)11(2)15-13(18)19-14(3,4)5/h10-11H,6-9H2,1-5H3,(H,15,18)/t10-,11-/m0/s1. The van der Waals surface area contributed by atoms with Gasteiger partial charge in [0, 0.05) is 12.6 Å². The van der Waals surface area contributed by atoms with E-state index in [1.54, 1.807) is 27.7 Å². The smallest absolute Gasteiger partial charge is 0.408 e. The zero-order chi connectivity index (χ0) is 14.6. The van der Waals surface area contributed by atoms with Gasteiger partial charge in [-0.2, -0.15) is 0 Å². The van der Waals surface area contributed by atoms with Crippen LogP contribution in [0.4, 0.5) is 4.79 Å². The van der Waals surface area contributed by atoms with Crippen LogP contribution in [0, 0.1) is 0 Å². The lowest BCUT2D eigenvalue weighted by molar-refractivity contribution is -0.136. The van der Waals surface area contributed by atoms with Gasteiger partial charge in [-0.3, -0.25) is 4.79 Å². The van der Waals surface area contributed by atoms with Crippen LogP contribution in [0.15, 0.2) is 0 Å². The molecule has 2 amide bonds. The van der Waals surface area contributed by atoms with E-state index in [2.05, 4.69) is 12.2 Å². The third kappa shape index (κ3) is 5.09. The number of likely N-dealkylation sites (tertiary alicyclic amines) is 1. The maximum atomic E-state index is 12.3. The maximum absolute atomic E-state index is 12.3. The largest absolute Gasteiger partial charge is 0.444 e. The fourth-order valence-electron chi connectivity index (χ4n) is 2.22. The molecule has 0 saturated carbocycles. The van der Waals surface area contributed by atoms with Crippen molar-refractivity contribution in [3.63, 3.8) is 0 Å². The number of nitrogens with one attached hydrogen (secondary N) is 1. The first kappa shape index (κ1) is 15.8. The summed E-state index contributed by atoms with van der Waals surface area (Å²) in [6, 6.07) is -0.292. The Kier molecular flexibility index (Phi) is 5.20. The van der Waals surface area contributed by atoms with Gasteiger partial charge in [-0.1, -0.05) is 0 Å². The van der Waals surface area contributed by atoms with Crippen LogP contribution in [0.2, 0.25) is 0 Å². The number of rotatable bonds is 2. The number of carbonyl (C=O) groups is 2. The number of alkyl carbamates (subject to hydrolysis) is 1. The van der Waals surface area contributed by atoms with Crippen LogP contribution >= 0.6 is 0 Å². The molecule has 1 N–H and O–H groups in total. The van der Waals surface area contributed by atoms with Crippen molar-refractivity contribution in [2.24, 2.45) is 0 Å². The van der Waals surface area contributed by atoms with Crippen molar-refractivity contribution in [3.8, 4) is 0 Å². The molecule has 0 aromatic heterocycles. The van der Waals surface area contributed by atoms with Gasteiger partial charge < -0.3 is 15.0 Å². The Morgan fingerprint density at radius 2 is 1.95 bits per heavy atom. The normalized spacial score (nSPS) is 21.7. The summed E-state index contributed by atoms with van der Waals surface area (Å²) in [7, 11) is 0. The third-order valence-electron chi connectivity index (χ3n) is 3.19. The summed E-state index contributed by atoms with van der Waals surface area (Å²) in [6.45, 7) is 9.93. The van der Waals surface area contributed by atoms with Crippen molar-refractivity contribution < 1.29 is 14.3 Å². The molecule has 110 valence electrons. The number of piperidine rings is 1.